The smallest absolute Gasteiger partial charge is 0.421 e. The van der Waals surface area contributed by atoms with Crippen LogP contribution in [-0.4, -0.2) is 58.6 Å². The van der Waals surface area contributed by atoms with Crippen LogP contribution in [0.1, 0.15) is 74.0 Å². The quantitative estimate of drug-likeness (QED) is 0.101. The fourth-order valence-electron chi connectivity index (χ4n) is 7.10. The van der Waals surface area contributed by atoms with Crippen molar-refractivity contribution in [1.29, 1.82) is 0 Å². The van der Waals surface area contributed by atoms with Crippen LogP contribution in [0.4, 0.5) is 13.2 Å². The Balaban J connectivity index is 1.25. The first-order chi connectivity index (χ1) is 25.5. The van der Waals surface area contributed by atoms with Gasteiger partial charge in [0.05, 0.1) is 36.0 Å². The highest BCUT2D eigenvalue weighted by Crippen LogP contribution is 2.46. The van der Waals surface area contributed by atoms with Gasteiger partial charge in [-0.1, -0.05) is 54.1 Å². The van der Waals surface area contributed by atoms with Crippen molar-refractivity contribution in [2.45, 2.75) is 83.5 Å². The Morgan fingerprint density at radius 1 is 0.944 bits per heavy atom. The van der Waals surface area contributed by atoms with E-state index < -0.39 is 40.7 Å². The number of carboxylic acids is 1. The van der Waals surface area contributed by atoms with Crippen LogP contribution in [0.15, 0.2) is 54.6 Å². The summed E-state index contributed by atoms with van der Waals surface area (Å²) in [6, 6.07) is 16.2. The van der Waals surface area contributed by atoms with Gasteiger partial charge in [-0.3, -0.25) is 4.79 Å². The van der Waals surface area contributed by atoms with Gasteiger partial charge in [0, 0.05) is 47.9 Å². The maximum atomic E-state index is 14.4. The van der Waals surface area contributed by atoms with Crippen molar-refractivity contribution in [1.82, 2.24) is 20.6 Å². The first kappa shape index (κ1) is 39.3. The molecule has 0 aliphatic heterocycles. The third-order valence-corrected chi connectivity index (χ3v) is 10.5. The van der Waals surface area contributed by atoms with Gasteiger partial charge in [0.2, 0.25) is 17.6 Å². The number of carboxylic acid groups (broad SMARTS) is 1. The average molecular weight is 769 g/mol. The Morgan fingerprint density at radius 3 is 2.28 bits per heavy atom. The molecule has 14 heteroatoms. The summed E-state index contributed by atoms with van der Waals surface area (Å²) in [5, 5.41) is 26.3. The molecule has 0 amide bonds. The maximum absolute atomic E-state index is 14.4. The number of fused-ring (bicyclic) bond motifs is 1. The number of hydrogen-bond acceptors (Lipinski definition) is 9. The fraction of sp³-hybridized carbons (Fsp3) is 0.425. The predicted octanol–water partition coefficient (Wildman–Crippen LogP) is 7.77. The summed E-state index contributed by atoms with van der Waals surface area (Å²) in [5.41, 5.74) is 2.70. The average Bonchev–Trinajstić information content (AvgIpc) is 3.52. The number of pyridine rings is 2. The lowest BCUT2D eigenvalue weighted by molar-refractivity contribution is -0.146. The first-order valence-corrected chi connectivity index (χ1v) is 18.1. The fourth-order valence-corrected chi connectivity index (χ4v) is 7.42. The molecule has 0 radical (unpaired) electrons. The number of benzene rings is 2. The zero-order valence-electron chi connectivity index (χ0n) is 30.7. The number of nitrogens with one attached hydrogen (secondary N) is 2. The van der Waals surface area contributed by atoms with Crippen LogP contribution in [-0.2, 0) is 30.5 Å². The summed E-state index contributed by atoms with van der Waals surface area (Å²) in [7, 11) is 2.87. The van der Waals surface area contributed by atoms with Gasteiger partial charge in [-0.15, -0.1) is 0 Å². The molecule has 54 heavy (non-hydrogen) atoms. The zero-order chi connectivity index (χ0) is 39.0. The Kier molecular flexibility index (Phi) is 11.2. The summed E-state index contributed by atoms with van der Waals surface area (Å²) in [5.74, 6) is -1.24. The van der Waals surface area contributed by atoms with E-state index in [0.717, 1.165) is 33.9 Å². The number of nitrogens with zero attached hydrogens (tertiary/aromatic N) is 2. The van der Waals surface area contributed by atoms with Gasteiger partial charge < -0.3 is 35.1 Å². The van der Waals surface area contributed by atoms with E-state index in [9.17, 15) is 28.2 Å². The van der Waals surface area contributed by atoms with Crippen LogP contribution < -0.4 is 24.8 Å². The number of hydrogen-bond donors (Lipinski definition) is 4. The summed E-state index contributed by atoms with van der Waals surface area (Å²) < 4.78 is 60.4. The molecule has 2 aliphatic carbocycles. The predicted molar refractivity (Wildman–Crippen MR) is 198 cm³/mol. The Hall–Kier alpha value is -4.43. The first-order valence-electron chi connectivity index (χ1n) is 17.7. The normalized spacial score (nSPS) is 19.6. The molecule has 0 spiro atoms. The highest BCUT2D eigenvalue weighted by molar-refractivity contribution is 6.36. The number of rotatable bonds is 14. The topological polar surface area (TPSA) is 135 Å². The van der Waals surface area contributed by atoms with Gasteiger partial charge in [-0.25, -0.2) is 4.98 Å². The monoisotopic (exact) mass is 768 g/mol. The second-order valence-corrected chi connectivity index (χ2v) is 15.2. The van der Waals surface area contributed by atoms with E-state index in [4.69, 9.17) is 30.8 Å². The van der Waals surface area contributed by atoms with E-state index in [0.29, 0.717) is 54.4 Å². The van der Waals surface area contributed by atoms with Crippen molar-refractivity contribution < 1.29 is 42.4 Å². The molecule has 2 heterocycles. The van der Waals surface area contributed by atoms with Crippen LogP contribution >= 0.6 is 11.6 Å². The largest absolute Gasteiger partial charge is 0.481 e. The maximum Gasteiger partial charge on any atom is 0.421 e. The minimum absolute atomic E-state index is 0.0145. The zero-order valence-corrected chi connectivity index (χ0v) is 31.5. The highest BCUT2D eigenvalue weighted by atomic mass is 35.5. The molecule has 1 fully saturated rings. The lowest BCUT2D eigenvalue weighted by atomic mass is 9.77. The van der Waals surface area contributed by atoms with Crippen LogP contribution in [0.2, 0.25) is 5.02 Å². The van der Waals surface area contributed by atoms with Gasteiger partial charge in [0.15, 0.2) is 0 Å². The molecule has 0 unspecified atom stereocenters. The number of carbonyl (C=O) groups is 1. The molecular formula is C40H44ClF3N4O6. The molecule has 2 aromatic heterocycles. The number of ether oxygens (including phenoxy) is 3. The number of aliphatic carboxylic acids is 1. The SMILES string of the molecule is COc1nc(-c2cccc(-c3cccc4c3CC[C@@H]4Oc3nc(OC)c(CNCC(C)(C)C(=O)O)cc3C(F)(F)F)c2Cl)ccc1CN[C@H]1C[C@](C)(O)C1. The standard InChI is InChI=1S/C40H44ClF3N4O6/c1-38(2,37(49)50)21-45-19-23-16-30(40(42,43)44)36(48-35(23)53-5)54-32-15-13-26-25(8-6-9-27(26)32)28-10-7-11-29(33(28)41)31-14-12-22(34(47-31)52-4)20-46-24-17-39(3,51)18-24/h6-12,14,16,24,32,45-46,51H,13,15,17-21H2,1-5H3,(H,49,50)/t24-,32-,39-/m0/s1. The van der Waals surface area contributed by atoms with E-state index in [1.54, 1.807) is 7.11 Å². The van der Waals surface area contributed by atoms with Crippen LogP contribution in [0.25, 0.3) is 22.4 Å². The lowest BCUT2D eigenvalue weighted by Crippen LogP contribution is -2.51. The molecule has 2 aromatic carbocycles. The van der Waals surface area contributed by atoms with Crippen molar-refractivity contribution >= 4 is 17.6 Å². The van der Waals surface area contributed by atoms with Gasteiger partial charge in [0.25, 0.3) is 0 Å². The Labute approximate surface area is 317 Å². The van der Waals surface area contributed by atoms with E-state index >= 15 is 0 Å². The van der Waals surface area contributed by atoms with Gasteiger partial charge in [0.1, 0.15) is 11.7 Å². The van der Waals surface area contributed by atoms with Crippen LogP contribution in [0.5, 0.6) is 17.6 Å². The van der Waals surface area contributed by atoms with E-state index in [1.807, 2.05) is 55.5 Å². The van der Waals surface area contributed by atoms with Crippen LogP contribution in [0, 0.1) is 5.41 Å². The van der Waals surface area contributed by atoms with Crippen molar-refractivity contribution in [2.75, 3.05) is 20.8 Å². The van der Waals surface area contributed by atoms with E-state index in [1.165, 1.54) is 21.0 Å². The van der Waals surface area contributed by atoms with Crippen molar-refractivity contribution in [3.63, 3.8) is 0 Å². The highest BCUT2D eigenvalue weighted by Gasteiger charge is 2.40. The molecule has 2 aliphatic rings. The number of aromatic nitrogens is 2. The molecular weight excluding hydrogens is 725 g/mol. The third kappa shape index (κ3) is 8.29. The summed E-state index contributed by atoms with van der Waals surface area (Å²) in [4.78, 5) is 20.4. The molecule has 1 saturated carbocycles. The molecule has 0 saturated heterocycles. The molecule has 1 atom stereocenters. The number of aliphatic hydroxyl groups is 1. The van der Waals surface area contributed by atoms with Gasteiger partial charge >= 0.3 is 12.1 Å². The number of alkyl halides is 3. The molecule has 10 nitrogen and oxygen atoms in total. The summed E-state index contributed by atoms with van der Waals surface area (Å²) >= 11 is 7.10. The minimum atomic E-state index is -4.79. The molecule has 4 aromatic rings. The molecule has 4 N–H and O–H groups in total. The van der Waals surface area contributed by atoms with Crippen LogP contribution in [0.3, 0.4) is 0 Å². The Morgan fingerprint density at radius 2 is 1.61 bits per heavy atom. The van der Waals surface area contributed by atoms with Crippen molar-refractivity contribution in [3.05, 3.63) is 87.4 Å². The summed E-state index contributed by atoms with van der Waals surface area (Å²) in [6.07, 6.45) is -3.21. The van der Waals surface area contributed by atoms with Gasteiger partial charge in [-0.2, -0.15) is 18.2 Å². The number of methoxy groups -OCH3 is 2. The van der Waals surface area contributed by atoms with E-state index in [2.05, 4.69) is 15.6 Å². The third-order valence-electron chi connectivity index (χ3n) is 10.1. The van der Waals surface area contributed by atoms with Gasteiger partial charge in [-0.05, 0) is 75.3 Å². The molecule has 288 valence electrons. The number of halogens is 4. The minimum Gasteiger partial charge on any atom is -0.481 e. The summed E-state index contributed by atoms with van der Waals surface area (Å²) in [6.45, 7) is 5.31. The second-order valence-electron chi connectivity index (χ2n) is 14.8. The molecule has 6 rings (SSSR count). The van der Waals surface area contributed by atoms with Crippen molar-refractivity contribution in [3.8, 4) is 40.0 Å². The van der Waals surface area contributed by atoms with Crippen molar-refractivity contribution in [2.24, 2.45) is 5.41 Å². The second kappa shape index (κ2) is 15.4. The molecule has 0 bridgehead atoms. The lowest BCUT2D eigenvalue weighted by Gasteiger charge is -2.41. The van der Waals surface area contributed by atoms with E-state index in [-0.39, 0.29) is 30.6 Å². The Bertz CT molecular complexity index is 2030.